The van der Waals surface area contributed by atoms with Gasteiger partial charge in [0.1, 0.15) is 50.2 Å². The van der Waals surface area contributed by atoms with Gasteiger partial charge in [0, 0.05) is 12.1 Å². The van der Waals surface area contributed by atoms with Crippen LogP contribution in [0, 0.1) is 0 Å². The van der Waals surface area contributed by atoms with E-state index >= 15 is 0 Å². The minimum Gasteiger partial charge on any atom is -0.493 e. The number of ether oxygens (including phenoxy) is 4. The van der Waals surface area contributed by atoms with E-state index in [9.17, 15) is 4.79 Å². The Hall–Kier alpha value is -3.99. The Labute approximate surface area is 213 Å². The van der Waals surface area contributed by atoms with Crippen molar-refractivity contribution in [2.75, 3.05) is 13.2 Å². The van der Waals surface area contributed by atoms with E-state index < -0.39 is 5.97 Å². The second kappa shape index (κ2) is 9.57. The van der Waals surface area contributed by atoms with Crippen LogP contribution < -0.4 is 29.7 Å². The van der Waals surface area contributed by atoms with Crippen LogP contribution in [0.5, 0.6) is 34.5 Å². The quantitative estimate of drug-likeness (QED) is 0.156. The number of carbonyl (C=O) groups is 1. The predicted octanol–water partition coefficient (Wildman–Crippen LogP) is 5.34. The summed E-state index contributed by atoms with van der Waals surface area (Å²) in [5.74, 6) is 1.19. The average molecular weight is 531 g/mol. The Balaban J connectivity index is 1.52. The monoisotopic (exact) mass is 530 g/mol. The summed E-state index contributed by atoms with van der Waals surface area (Å²) in [4.78, 5) is 23.9. The van der Waals surface area contributed by atoms with Crippen LogP contribution in [0.3, 0.4) is 0 Å². The highest BCUT2D eigenvalue weighted by Crippen LogP contribution is 2.44. The van der Waals surface area contributed by atoms with Crippen LogP contribution in [0.15, 0.2) is 58.7 Å². The molecule has 2 heterocycles. The molecule has 0 fully saturated rings. The van der Waals surface area contributed by atoms with E-state index in [1.807, 2.05) is 0 Å². The molecule has 0 atom stereocenters. The molecule has 12 heteroatoms. The molecule has 5 rings (SSSR count). The second-order valence-corrected chi connectivity index (χ2v) is 8.34. The number of carboxylic acid groups (broad SMARTS) is 1. The van der Waals surface area contributed by atoms with E-state index in [-0.39, 0.29) is 57.7 Å². The molecule has 0 bridgehead atoms. The summed E-state index contributed by atoms with van der Waals surface area (Å²) in [7, 11) is 0. The highest BCUT2D eigenvalue weighted by atomic mass is 35.5. The molecule has 2 aliphatic rings. The molecule has 0 amide bonds. The van der Waals surface area contributed by atoms with Crippen LogP contribution in [-0.2, 0) is 9.68 Å². The normalized spacial score (nSPS) is 12.2. The lowest BCUT2D eigenvalue weighted by molar-refractivity contribution is -0.207. The van der Waals surface area contributed by atoms with E-state index in [0.29, 0.717) is 34.4 Å². The second-order valence-electron chi connectivity index (χ2n) is 7.58. The number of hydrogen-bond acceptors (Lipinski definition) is 9. The Morgan fingerprint density at radius 1 is 0.917 bits per heavy atom. The van der Waals surface area contributed by atoms with Crippen LogP contribution in [0.1, 0.15) is 6.42 Å². The summed E-state index contributed by atoms with van der Waals surface area (Å²) in [6, 6.07) is 9.80. The van der Waals surface area contributed by atoms with Crippen LogP contribution in [0.25, 0.3) is 0 Å². The van der Waals surface area contributed by atoms with E-state index in [1.54, 1.807) is 36.4 Å². The Bertz CT molecular complexity index is 1540. The SMILES string of the molecule is C=C(COc1ccc2c(c1)N=c1c(Cl)c3c(c(Cl)c1O2)=Nc1cc(OCCC(=O)O)ccc1O3)OO. The zero-order valence-corrected chi connectivity index (χ0v) is 19.8. The maximum Gasteiger partial charge on any atom is 0.306 e. The van der Waals surface area contributed by atoms with Crippen LogP contribution in [0.4, 0.5) is 11.4 Å². The molecule has 0 saturated carbocycles. The molecule has 2 N–H and O–H groups in total. The van der Waals surface area contributed by atoms with Gasteiger partial charge in [0.25, 0.3) is 0 Å². The van der Waals surface area contributed by atoms with Gasteiger partial charge >= 0.3 is 5.97 Å². The number of aliphatic carboxylic acids is 1. The minimum absolute atomic E-state index is 0.0110. The molecule has 0 saturated heterocycles. The van der Waals surface area contributed by atoms with Crippen molar-refractivity contribution in [1.82, 2.24) is 0 Å². The molecule has 2 aliphatic heterocycles. The van der Waals surface area contributed by atoms with Crippen LogP contribution >= 0.6 is 23.2 Å². The highest BCUT2D eigenvalue weighted by molar-refractivity contribution is 6.35. The fourth-order valence-electron chi connectivity index (χ4n) is 3.44. The van der Waals surface area contributed by atoms with Crippen molar-refractivity contribution >= 4 is 40.5 Å². The first-order valence-electron chi connectivity index (χ1n) is 10.4. The van der Waals surface area contributed by atoms with E-state index in [1.165, 1.54) is 0 Å². The molecule has 0 unspecified atom stereocenters. The zero-order chi connectivity index (χ0) is 25.4. The van der Waals surface area contributed by atoms with E-state index in [4.69, 9.17) is 52.5 Å². The van der Waals surface area contributed by atoms with E-state index in [0.717, 1.165) is 0 Å². The van der Waals surface area contributed by atoms with Crippen molar-refractivity contribution < 1.29 is 39.0 Å². The van der Waals surface area contributed by atoms with Gasteiger partial charge in [-0.1, -0.05) is 29.8 Å². The maximum atomic E-state index is 10.7. The summed E-state index contributed by atoms with van der Waals surface area (Å²) in [5, 5.41) is 18.2. The Kier molecular flexibility index (Phi) is 6.31. The fourth-order valence-corrected chi connectivity index (χ4v) is 3.95. The summed E-state index contributed by atoms with van der Waals surface area (Å²) in [6.07, 6.45) is -0.135. The first-order chi connectivity index (χ1) is 17.3. The molecule has 10 nitrogen and oxygen atoms in total. The highest BCUT2D eigenvalue weighted by Gasteiger charge is 2.27. The number of benzene rings is 3. The van der Waals surface area contributed by atoms with Crippen LogP contribution in [-0.4, -0.2) is 29.5 Å². The summed E-state index contributed by atoms with van der Waals surface area (Å²) < 4.78 is 23.0. The molecule has 0 radical (unpaired) electrons. The van der Waals surface area contributed by atoms with Gasteiger partial charge in [-0.3, -0.25) is 4.79 Å². The van der Waals surface area contributed by atoms with E-state index in [2.05, 4.69) is 21.5 Å². The van der Waals surface area contributed by atoms with Gasteiger partial charge in [0.2, 0.25) is 0 Å². The maximum absolute atomic E-state index is 10.7. The predicted molar refractivity (Wildman–Crippen MR) is 127 cm³/mol. The number of nitrogens with zero attached hydrogens (tertiary/aromatic N) is 2. The molecular weight excluding hydrogens is 515 g/mol. The number of hydrogen-bond donors (Lipinski definition) is 2. The van der Waals surface area contributed by atoms with Crippen molar-refractivity contribution in [3.8, 4) is 34.5 Å². The minimum atomic E-state index is -0.959. The molecule has 184 valence electrons. The van der Waals surface area contributed by atoms with Crippen LogP contribution in [0.2, 0.25) is 10.0 Å². The number of rotatable bonds is 8. The lowest BCUT2D eigenvalue weighted by Crippen LogP contribution is -2.22. The van der Waals surface area contributed by atoms with Gasteiger partial charge in [-0.25, -0.2) is 15.2 Å². The number of fused-ring (bicyclic) bond motifs is 4. The molecule has 36 heavy (non-hydrogen) atoms. The largest absolute Gasteiger partial charge is 0.493 e. The zero-order valence-electron chi connectivity index (χ0n) is 18.3. The first kappa shape index (κ1) is 23.7. The van der Waals surface area contributed by atoms with Gasteiger partial charge < -0.3 is 28.9 Å². The Morgan fingerprint density at radius 2 is 1.44 bits per heavy atom. The third-order valence-corrected chi connectivity index (χ3v) is 5.81. The third-order valence-electron chi connectivity index (χ3n) is 5.11. The first-order valence-corrected chi connectivity index (χ1v) is 11.2. The molecule has 3 aromatic rings. The summed E-state index contributed by atoms with van der Waals surface area (Å²) >= 11 is 13.3. The van der Waals surface area contributed by atoms with Gasteiger partial charge in [-0.2, -0.15) is 0 Å². The topological polar surface area (TPSA) is 128 Å². The molecule has 0 spiro atoms. The fraction of sp³-hybridized carbons (Fsp3) is 0.125. The number of carboxylic acids is 1. The molecule has 3 aromatic carbocycles. The molecule has 0 aliphatic carbocycles. The van der Waals surface area contributed by atoms with Gasteiger partial charge in [-0.15, -0.1) is 0 Å². The Morgan fingerprint density at radius 3 is 1.94 bits per heavy atom. The standard InChI is InChI=1S/C24H16Cl2N2O8/c1-11(36-31)10-33-13-3-5-17-15(9-13)28-22-20(26)23-21(19(25)24(22)35-17)27-14-8-12(2-4-16(14)34-23)32-7-6-18(29)30/h2-5,8-9,31H,1,6-7,10H2,(H,29,30). The van der Waals surface area contributed by atoms with Gasteiger partial charge in [0.05, 0.1) is 13.0 Å². The lowest BCUT2D eigenvalue weighted by atomic mass is 10.2. The van der Waals surface area contributed by atoms with Gasteiger partial charge in [-0.05, 0) is 24.3 Å². The van der Waals surface area contributed by atoms with Crippen molar-refractivity contribution in [3.05, 3.63) is 69.5 Å². The molecular formula is C24H16Cl2N2O8. The van der Waals surface area contributed by atoms with Crippen molar-refractivity contribution in [3.63, 3.8) is 0 Å². The average Bonchev–Trinajstić information content (AvgIpc) is 2.88. The van der Waals surface area contributed by atoms with Crippen molar-refractivity contribution in [1.29, 1.82) is 0 Å². The summed E-state index contributed by atoms with van der Waals surface area (Å²) in [5.41, 5.74) is 0.862. The third kappa shape index (κ3) is 4.49. The number of halogens is 2. The van der Waals surface area contributed by atoms with Gasteiger partial charge in [0.15, 0.2) is 28.8 Å². The summed E-state index contributed by atoms with van der Waals surface area (Å²) in [6.45, 7) is 3.43. The van der Waals surface area contributed by atoms with Crippen molar-refractivity contribution in [2.45, 2.75) is 6.42 Å². The van der Waals surface area contributed by atoms with Crippen molar-refractivity contribution in [2.24, 2.45) is 9.98 Å². The lowest BCUT2D eigenvalue weighted by Gasteiger charge is -2.21. The molecule has 0 aromatic heterocycles. The smallest absolute Gasteiger partial charge is 0.306 e.